The second kappa shape index (κ2) is 9.56. The fourth-order valence-corrected chi connectivity index (χ4v) is 3.26. The highest BCUT2D eigenvalue weighted by molar-refractivity contribution is 5.77. The van der Waals surface area contributed by atoms with Crippen molar-refractivity contribution in [3.8, 4) is 0 Å². The molecule has 4 nitrogen and oxygen atoms in total. The van der Waals surface area contributed by atoms with E-state index in [2.05, 4.69) is 53.4 Å². The Morgan fingerprint density at radius 2 is 1.91 bits per heavy atom. The van der Waals surface area contributed by atoms with Gasteiger partial charge in [-0.05, 0) is 37.4 Å². The van der Waals surface area contributed by atoms with Gasteiger partial charge in [0, 0.05) is 19.1 Å². The maximum absolute atomic E-state index is 5.90. The summed E-state index contributed by atoms with van der Waals surface area (Å²) in [6, 6.07) is 9.33. The molecule has 0 radical (unpaired) electrons. The van der Waals surface area contributed by atoms with E-state index in [0.29, 0.717) is 12.5 Å². The quantitative estimate of drug-likeness (QED) is 0.599. The van der Waals surface area contributed by atoms with Gasteiger partial charge in [0.05, 0.1) is 6.54 Å². The zero-order chi connectivity index (χ0) is 16.5. The van der Waals surface area contributed by atoms with Crippen LogP contribution in [0.4, 0.5) is 0 Å². The van der Waals surface area contributed by atoms with Gasteiger partial charge in [-0.2, -0.15) is 0 Å². The zero-order valence-electron chi connectivity index (χ0n) is 14.7. The van der Waals surface area contributed by atoms with Crippen LogP contribution in [0.15, 0.2) is 29.3 Å². The van der Waals surface area contributed by atoms with Gasteiger partial charge in [0.15, 0.2) is 5.96 Å². The van der Waals surface area contributed by atoms with Gasteiger partial charge in [-0.15, -0.1) is 0 Å². The molecule has 128 valence electrons. The third-order valence-electron chi connectivity index (χ3n) is 4.71. The van der Waals surface area contributed by atoms with Crippen molar-refractivity contribution >= 4 is 5.96 Å². The minimum Gasteiger partial charge on any atom is -0.370 e. The molecule has 1 aromatic rings. The fraction of sp³-hybridized carbons (Fsp3) is 0.632. The highest BCUT2D eigenvalue weighted by atomic mass is 15.1. The Morgan fingerprint density at radius 1 is 1.22 bits per heavy atom. The lowest BCUT2D eigenvalue weighted by molar-refractivity contribution is 0.184. The van der Waals surface area contributed by atoms with Crippen molar-refractivity contribution in [3.05, 3.63) is 35.4 Å². The lowest BCUT2D eigenvalue weighted by Gasteiger charge is -2.31. The highest BCUT2D eigenvalue weighted by Gasteiger charge is 2.18. The molecule has 3 N–H and O–H groups in total. The van der Waals surface area contributed by atoms with E-state index in [0.717, 1.165) is 25.6 Å². The van der Waals surface area contributed by atoms with Crippen molar-refractivity contribution < 1.29 is 0 Å². The standard InChI is InChI=1S/C19H32N4/c1-3-13-21-19(20)22-14-16-9-7-8-10-17(16)15-23(2)18-11-5-4-6-12-18/h7-10,18H,3-6,11-15H2,1-2H3,(H3,20,21,22). The monoisotopic (exact) mass is 316 g/mol. The maximum Gasteiger partial charge on any atom is 0.188 e. The Labute approximate surface area is 141 Å². The van der Waals surface area contributed by atoms with Crippen molar-refractivity contribution in [2.24, 2.45) is 10.7 Å². The van der Waals surface area contributed by atoms with Crippen LogP contribution in [0, 0.1) is 0 Å². The van der Waals surface area contributed by atoms with Crippen LogP contribution in [-0.4, -0.2) is 30.5 Å². The summed E-state index contributed by atoms with van der Waals surface area (Å²) in [5, 5.41) is 3.13. The molecule has 1 aromatic carbocycles. The van der Waals surface area contributed by atoms with Crippen LogP contribution in [0.25, 0.3) is 0 Å². The van der Waals surface area contributed by atoms with E-state index in [1.807, 2.05) is 0 Å². The first kappa shape index (κ1) is 17.8. The van der Waals surface area contributed by atoms with Crippen LogP contribution in [0.3, 0.4) is 0 Å². The topological polar surface area (TPSA) is 53.6 Å². The van der Waals surface area contributed by atoms with Crippen molar-refractivity contribution in [3.63, 3.8) is 0 Å². The minimum absolute atomic E-state index is 0.544. The molecular weight excluding hydrogens is 284 g/mol. The first-order valence-electron chi connectivity index (χ1n) is 9.01. The Morgan fingerprint density at radius 3 is 2.61 bits per heavy atom. The summed E-state index contributed by atoms with van der Waals surface area (Å²) in [4.78, 5) is 6.99. The summed E-state index contributed by atoms with van der Waals surface area (Å²) < 4.78 is 0. The number of hydrogen-bond acceptors (Lipinski definition) is 2. The Balaban J connectivity index is 1.96. The van der Waals surface area contributed by atoms with E-state index in [1.54, 1.807) is 0 Å². The number of hydrogen-bond donors (Lipinski definition) is 2. The van der Waals surface area contributed by atoms with Gasteiger partial charge in [-0.1, -0.05) is 50.5 Å². The third-order valence-corrected chi connectivity index (χ3v) is 4.71. The summed E-state index contributed by atoms with van der Waals surface area (Å²) in [5.74, 6) is 0.544. The summed E-state index contributed by atoms with van der Waals surface area (Å²) in [7, 11) is 2.26. The molecule has 0 saturated heterocycles. The SMILES string of the molecule is CCCNC(N)=NCc1ccccc1CN(C)C1CCCCC1. The maximum atomic E-state index is 5.90. The Bertz CT molecular complexity index is 492. The molecule has 2 rings (SSSR count). The normalized spacial score (nSPS) is 16.7. The van der Waals surface area contributed by atoms with Gasteiger partial charge in [0.1, 0.15) is 0 Å². The molecule has 23 heavy (non-hydrogen) atoms. The highest BCUT2D eigenvalue weighted by Crippen LogP contribution is 2.23. The predicted octanol–water partition coefficient (Wildman–Crippen LogP) is 3.27. The van der Waals surface area contributed by atoms with Gasteiger partial charge >= 0.3 is 0 Å². The number of benzene rings is 1. The van der Waals surface area contributed by atoms with Gasteiger partial charge in [-0.25, -0.2) is 4.99 Å². The molecule has 0 amide bonds. The summed E-state index contributed by atoms with van der Waals surface area (Å²) in [6.45, 7) is 4.65. The second-order valence-corrected chi connectivity index (χ2v) is 6.60. The molecule has 1 saturated carbocycles. The number of rotatable bonds is 7. The molecule has 0 spiro atoms. The molecule has 0 bridgehead atoms. The van der Waals surface area contributed by atoms with Crippen LogP contribution in [-0.2, 0) is 13.1 Å². The second-order valence-electron chi connectivity index (χ2n) is 6.60. The number of nitrogens with two attached hydrogens (primary N) is 1. The van der Waals surface area contributed by atoms with Crippen LogP contribution in [0.5, 0.6) is 0 Å². The molecule has 0 aliphatic heterocycles. The molecule has 0 unspecified atom stereocenters. The van der Waals surface area contributed by atoms with E-state index in [1.165, 1.54) is 43.2 Å². The van der Waals surface area contributed by atoms with Gasteiger partial charge < -0.3 is 11.1 Å². The lowest BCUT2D eigenvalue weighted by atomic mass is 9.94. The van der Waals surface area contributed by atoms with Crippen molar-refractivity contribution in [1.82, 2.24) is 10.2 Å². The lowest BCUT2D eigenvalue weighted by Crippen LogP contribution is -2.33. The van der Waals surface area contributed by atoms with E-state index in [-0.39, 0.29) is 0 Å². The largest absolute Gasteiger partial charge is 0.370 e. The third kappa shape index (κ3) is 5.87. The van der Waals surface area contributed by atoms with E-state index < -0.39 is 0 Å². The van der Waals surface area contributed by atoms with Crippen LogP contribution < -0.4 is 11.1 Å². The van der Waals surface area contributed by atoms with E-state index in [4.69, 9.17) is 5.73 Å². The Kier molecular flexibility index (Phi) is 7.40. The summed E-state index contributed by atoms with van der Waals surface area (Å²) in [5.41, 5.74) is 8.55. The van der Waals surface area contributed by atoms with Gasteiger partial charge in [-0.3, -0.25) is 4.90 Å². The van der Waals surface area contributed by atoms with Gasteiger partial charge in [0.2, 0.25) is 0 Å². The average molecular weight is 316 g/mol. The van der Waals surface area contributed by atoms with E-state index >= 15 is 0 Å². The van der Waals surface area contributed by atoms with Crippen molar-refractivity contribution in [1.29, 1.82) is 0 Å². The first-order valence-corrected chi connectivity index (χ1v) is 9.01. The zero-order valence-corrected chi connectivity index (χ0v) is 14.7. The number of nitrogens with one attached hydrogen (secondary N) is 1. The average Bonchev–Trinajstić information content (AvgIpc) is 2.60. The number of nitrogens with zero attached hydrogens (tertiary/aromatic N) is 2. The minimum atomic E-state index is 0.544. The van der Waals surface area contributed by atoms with Crippen LogP contribution >= 0.6 is 0 Å². The number of guanidine groups is 1. The van der Waals surface area contributed by atoms with Gasteiger partial charge in [0.25, 0.3) is 0 Å². The number of aliphatic imine (C=N–C) groups is 1. The predicted molar refractivity (Wildman–Crippen MR) is 98.4 cm³/mol. The molecule has 1 fully saturated rings. The van der Waals surface area contributed by atoms with Crippen molar-refractivity contribution in [2.45, 2.75) is 64.6 Å². The van der Waals surface area contributed by atoms with E-state index in [9.17, 15) is 0 Å². The van der Waals surface area contributed by atoms with Crippen LogP contribution in [0.1, 0.15) is 56.6 Å². The molecule has 0 heterocycles. The molecule has 1 aliphatic carbocycles. The van der Waals surface area contributed by atoms with Crippen molar-refractivity contribution in [2.75, 3.05) is 13.6 Å². The summed E-state index contributed by atoms with van der Waals surface area (Å²) >= 11 is 0. The molecule has 0 atom stereocenters. The molecule has 0 aromatic heterocycles. The fourth-order valence-electron chi connectivity index (χ4n) is 3.26. The first-order chi connectivity index (χ1) is 11.2. The molecule has 1 aliphatic rings. The molecular formula is C19H32N4. The molecule has 4 heteroatoms. The summed E-state index contributed by atoms with van der Waals surface area (Å²) in [6.07, 6.45) is 7.88. The van der Waals surface area contributed by atoms with Crippen LogP contribution in [0.2, 0.25) is 0 Å². The smallest absolute Gasteiger partial charge is 0.188 e. The Hall–Kier alpha value is -1.55.